The number of rotatable bonds is 4. The Kier molecular flexibility index (Phi) is 4.00. The van der Waals surface area contributed by atoms with Crippen LogP contribution in [0.1, 0.15) is 10.4 Å². The Labute approximate surface area is 95.9 Å². The van der Waals surface area contributed by atoms with Crippen LogP contribution in [0.5, 0.6) is 0 Å². The molecule has 0 radical (unpaired) electrons. The summed E-state index contributed by atoms with van der Waals surface area (Å²) in [6.07, 6.45) is 0. The number of aliphatic carboxylic acids is 1. The van der Waals surface area contributed by atoms with Crippen molar-refractivity contribution in [3.05, 3.63) is 29.6 Å². The van der Waals surface area contributed by atoms with Crippen molar-refractivity contribution in [3.8, 4) is 0 Å². The lowest BCUT2D eigenvalue weighted by Crippen LogP contribution is -2.43. The average Bonchev–Trinajstić information content (AvgIpc) is 2.28. The van der Waals surface area contributed by atoms with E-state index in [4.69, 9.17) is 15.9 Å². The molecule has 1 amide bonds. The number of nitrogens with one attached hydrogen (secondary N) is 1. The van der Waals surface area contributed by atoms with Crippen molar-refractivity contribution in [2.45, 2.75) is 6.04 Å². The molecule has 5 N–H and O–H groups in total. The van der Waals surface area contributed by atoms with Crippen molar-refractivity contribution in [3.63, 3.8) is 0 Å². The summed E-state index contributed by atoms with van der Waals surface area (Å²) in [5.41, 5.74) is 5.06. The van der Waals surface area contributed by atoms with Crippen LogP contribution in [-0.2, 0) is 4.79 Å². The lowest BCUT2D eigenvalue weighted by Gasteiger charge is -2.11. The molecule has 1 atom stereocenters. The van der Waals surface area contributed by atoms with Gasteiger partial charge in [0.15, 0.2) is 6.04 Å². The summed E-state index contributed by atoms with van der Waals surface area (Å²) >= 11 is 0. The maximum Gasteiger partial charge on any atom is 0.328 e. The van der Waals surface area contributed by atoms with E-state index >= 15 is 0 Å². The molecular weight excluding hydrogens is 231 g/mol. The highest BCUT2D eigenvalue weighted by Gasteiger charge is 2.19. The molecule has 0 saturated heterocycles. The lowest BCUT2D eigenvalue weighted by molar-refractivity contribution is -0.140. The first kappa shape index (κ1) is 12.9. The number of carboxylic acids is 1. The van der Waals surface area contributed by atoms with Crippen molar-refractivity contribution in [1.82, 2.24) is 5.32 Å². The molecule has 1 aromatic rings. The van der Waals surface area contributed by atoms with Crippen molar-refractivity contribution >= 4 is 17.6 Å². The van der Waals surface area contributed by atoms with Gasteiger partial charge in [-0.1, -0.05) is 0 Å². The maximum atomic E-state index is 12.8. The van der Waals surface area contributed by atoms with Crippen LogP contribution in [0.25, 0.3) is 0 Å². The quantitative estimate of drug-likeness (QED) is 0.536. The molecule has 17 heavy (non-hydrogen) atoms. The standard InChI is InChI=1S/C10H11FN2O4/c11-6-2-1-5(3-7(6)12)9(15)13-8(4-14)10(16)17/h1-3,8,14H,4,12H2,(H,13,15)(H,16,17). The Morgan fingerprint density at radius 1 is 1.47 bits per heavy atom. The number of halogens is 1. The SMILES string of the molecule is Nc1cc(C(=O)NC(CO)C(=O)O)ccc1F. The predicted octanol–water partition coefficient (Wildman–Crippen LogP) is -0.417. The van der Waals surface area contributed by atoms with E-state index < -0.39 is 30.3 Å². The summed E-state index contributed by atoms with van der Waals surface area (Å²) in [6, 6.07) is 1.84. The number of aliphatic hydroxyl groups excluding tert-OH is 1. The number of amides is 1. The molecule has 0 aliphatic heterocycles. The van der Waals surface area contributed by atoms with Crippen LogP contribution >= 0.6 is 0 Å². The Hall–Kier alpha value is -2.15. The van der Waals surface area contributed by atoms with Gasteiger partial charge in [0.1, 0.15) is 5.82 Å². The monoisotopic (exact) mass is 242 g/mol. The third kappa shape index (κ3) is 3.15. The zero-order valence-corrected chi connectivity index (χ0v) is 8.68. The Morgan fingerprint density at radius 3 is 2.59 bits per heavy atom. The summed E-state index contributed by atoms with van der Waals surface area (Å²) in [4.78, 5) is 22.1. The molecule has 0 aliphatic rings. The molecule has 0 bridgehead atoms. The Morgan fingerprint density at radius 2 is 2.12 bits per heavy atom. The van der Waals surface area contributed by atoms with Crippen LogP contribution < -0.4 is 11.1 Å². The van der Waals surface area contributed by atoms with Crippen molar-refractivity contribution in [2.24, 2.45) is 0 Å². The Balaban J connectivity index is 2.82. The number of carbonyl (C=O) groups excluding carboxylic acids is 1. The highest BCUT2D eigenvalue weighted by molar-refractivity contribution is 5.97. The van der Waals surface area contributed by atoms with Crippen LogP contribution in [0.2, 0.25) is 0 Å². The van der Waals surface area contributed by atoms with Crippen LogP contribution in [0.4, 0.5) is 10.1 Å². The van der Waals surface area contributed by atoms with Gasteiger partial charge in [0, 0.05) is 5.56 Å². The van der Waals surface area contributed by atoms with Crippen molar-refractivity contribution in [1.29, 1.82) is 0 Å². The fourth-order valence-electron chi connectivity index (χ4n) is 1.11. The Bertz CT molecular complexity index is 450. The molecule has 0 spiro atoms. The van der Waals surface area contributed by atoms with Gasteiger partial charge in [-0.15, -0.1) is 0 Å². The van der Waals surface area contributed by atoms with Crippen molar-refractivity contribution in [2.75, 3.05) is 12.3 Å². The van der Waals surface area contributed by atoms with Gasteiger partial charge in [-0.3, -0.25) is 4.79 Å². The first-order valence-corrected chi connectivity index (χ1v) is 4.65. The first-order chi connectivity index (χ1) is 7.95. The minimum atomic E-state index is -1.41. The fraction of sp³-hybridized carbons (Fsp3) is 0.200. The molecule has 1 rings (SSSR count). The van der Waals surface area contributed by atoms with E-state index in [-0.39, 0.29) is 11.3 Å². The van der Waals surface area contributed by atoms with Crippen LogP contribution in [0, 0.1) is 5.82 Å². The lowest BCUT2D eigenvalue weighted by atomic mass is 10.1. The second-order valence-electron chi connectivity index (χ2n) is 3.28. The molecular formula is C10H11FN2O4. The topological polar surface area (TPSA) is 113 Å². The zero-order chi connectivity index (χ0) is 13.0. The molecule has 0 aromatic heterocycles. The molecule has 92 valence electrons. The molecule has 7 heteroatoms. The van der Waals surface area contributed by atoms with Crippen LogP contribution in [0.15, 0.2) is 18.2 Å². The van der Waals surface area contributed by atoms with E-state index in [2.05, 4.69) is 5.32 Å². The highest BCUT2D eigenvalue weighted by Crippen LogP contribution is 2.12. The van der Waals surface area contributed by atoms with E-state index in [1.54, 1.807) is 0 Å². The molecule has 0 fully saturated rings. The van der Waals surface area contributed by atoms with Gasteiger partial charge in [-0.05, 0) is 18.2 Å². The fourth-order valence-corrected chi connectivity index (χ4v) is 1.11. The van der Waals surface area contributed by atoms with Gasteiger partial charge < -0.3 is 21.3 Å². The second-order valence-corrected chi connectivity index (χ2v) is 3.28. The van der Waals surface area contributed by atoms with E-state index in [9.17, 15) is 14.0 Å². The van der Waals surface area contributed by atoms with Gasteiger partial charge in [-0.25, -0.2) is 9.18 Å². The minimum absolute atomic E-state index is 0.0172. The third-order valence-corrected chi connectivity index (χ3v) is 2.04. The van der Waals surface area contributed by atoms with Gasteiger partial charge in [0.2, 0.25) is 0 Å². The number of anilines is 1. The molecule has 0 heterocycles. The summed E-state index contributed by atoms with van der Waals surface area (Å²) in [6.45, 7) is -0.738. The molecule has 1 unspecified atom stereocenters. The summed E-state index contributed by atoms with van der Waals surface area (Å²) in [5.74, 6) is -2.78. The van der Waals surface area contributed by atoms with Gasteiger partial charge in [0.25, 0.3) is 5.91 Å². The number of hydrogen-bond acceptors (Lipinski definition) is 4. The highest BCUT2D eigenvalue weighted by atomic mass is 19.1. The largest absolute Gasteiger partial charge is 0.480 e. The van der Waals surface area contributed by atoms with Gasteiger partial charge in [-0.2, -0.15) is 0 Å². The summed E-state index contributed by atoms with van der Waals surface area (Å²) in [5, 5.41) is 19.4. The minimum Gasteiger partial charge on any atom is -0.480 e. The van der Waals surface area contributed by atoms with E-state index in [0.29, 0.717) is 0 Å². The van der Waals surface area contributed by atoms with E-state index in [1.807, 2.05) is 0 Å². The van der Waals surface area contributed by atoms with Crippen molar-refractivity contribution < 1.29 is 24.2 Å². The normalized spacial score (nSPS) is 11.9. The number of nitrogen functional groups attached to an aromatic ring is 1. The molecule has 6 nitrogen and oxygen atoms in total. The number of carboxylic acid groups (broad SMARTS) is 1. The summed E-state index contributed by atoms with van der Waals surface area (Å²) < 4.78 is 12.8. The van der Waals surface area contributed by atoms with Crippen LogP contribution in [-0.4, -0.2) is 34.7 Å². The second kappa shape index (κ2) is 5.26. The molecule has 0 aliphatic carbocycles. The van der Waals surface area contributed by atoms with E-state index in [0.717, 1.165) is 18.2 Å². The van der Waals surface area contributed by atoms with Crippen LogP contribution in [0.3, 0.4) is 0 Å². The molecule has 1 aromatic carbocycles. The summed E-state index contributed by atoms with van der Waals surface area (Å²) in [7, 11) is 0. The zero-order valence-electron chi connectivity index (χ0n) is 8.68. The number of nitrogens with two attached hydrogens (primary N) is 1. The average molecular weight is 242 g/mol. The first-order valence-electron chi connectivity index (χ1n) is 4.65. The number of aliphatic hydroxyl groups is 1. The number of hydrogen-bond donors (Lipinski definition) is 4. The maximum absolute atomic E-state index is 12.8. The number of benzene rings is 1. The number of carbonyl (C=O) groups is 2. The predicted molar refractivity (Wildman–Crippen MR) is 56.8 cm³/mol. The smallest absolute Gasteiger partial charge is 0.328 e. The van der Waals surface area contributed by atoms with E-state index in [1.165, 1.54) is 0 Å². The van der Waals surface area contributed by atoms with Gasteiger partial charge in [0.05, 0.1) is 12.3 Å². The third-order valence-electron chi connectivity index (χ3n) is 2.04. The molecule has 0 saturated carbocycles. The van der Waals surface area contributed by atoms with Gasteiger partial charge >= 0.3 is 5.97 Å².